The summed E-state index contributed by atoms with van der Waals surface area (Å²) in [5, 5.41) is 0. The standard InChI is InChI=1S/C11H12O2.2BrH/c1-3-6-10-7-4-5-8-11(10)13-9(2)12;;/h3-5,7-8H,1,6H2,2H3;2*1H/p-2. The molecule has 84 valence electrons. The van der Waals surface area contributed by atoms with Crippen molar-refractivity contribution in [3.05, 3.63) is 42.5 Å². The van der Waals surface area contributed by atoms with E-state index in [0.29, 0.717) is 12.2 Å². The van der Waals surface area contributed by atoms with Gasteiger partial charge in [-0.05, 0) is 18.1 Å². The van der Waals surface area contributed by atoms with E-state index >= 15 is 0 Å². The van der Waals surface area contributed by atoms with Crippen molar-refractivity contribution < 1.29 is 43.5 Å². The molecule has 0 aliphatic carbocycles. The fraction of sp³-hybridized carbons (Fsp3) is 0.182. The Hall–Kier alpha value is -0.610. The lowest BCUT2D eigenvalue weighted by Crippen LogP contribution is -3.00. The number of rotatable bonds is 3. The average molecular weight is 336 g/mol. The first-order valence-corrected chi connectivity index (χ1v) is 4.11. The normalized spacial score (nSPS) is 8.07. The highest BCUT2D eigenvalue weighted by atomic mass is 79.9. The predicted molar refractivity (Wildman–Crippen MR) is 51.7 cm³/mol. The van der Waals surface area contributed by atoms with E-state index in [2.05, 4.69) is 6.58 Å². The van der Waals surface area contributed by atoms with Crippen LogP contribution in [0.5, 0.6) is 5.75 Å². The average Bonchev–Trinajstić information content (AvgIpc) is 2.08. The largest absolute Gasteiger partial charge is 1.00 e. The third-order valence-corrected chi connectivity index (χ3v) is 1.59. The quantitative estimate of drug-likeness (QED) is 0.323. The van der Waals surface area contributed by atoms with E-state index in [4.69, 9.17) is 4.74 Å². The summed E-state index contributed by atoms with van der Waals surface area (Å²) >= 11 is 0. The molecule has 0 N–H and O–H groups in total. The van der Waals surface area contributed by atoms with Gasteiger partial charge in [0.25, 0.3) is 0 Å². The molecule has 1 aromatic carbocycles. The van der Waals surface area contributed by atoms with E-state index in [9.17, 15) is 4.79 Å². The van der Waals surface area contributed by atoms with Gasteiger partial charge in [-0.2, -0.15) is 0 Å². The number of carbonyl (C=O) groups is 1. The lowest BCUT2D eigenvalue weighted by atomic mass is 10.1. The SMILES string of the molecule is C=CCc1ccccc1OC(C)=O.[Br-].[Br-]. The van der Waals surface area contributed by atoms with Crippen molar-refractivity contribution in [3.63, 3.8) is 0 Å². The molecule has 0 bridgehead atoms. The third-order valence-electron chi connectivity index (χ3n) is 1.59. The minimum absolute atomic E-state index is 0. The zero-order valence-electron chi connectivity index (χ0n) is 8.37. The Balaban J connectivity index is 0. The van der Waals surface area contributed by atoms with E-state index in [1.807, 2.05) is 18.2 Å². The summed E-state index contributed by atoms with van der Waals surface area (Å²) in [6, 6.07) is 7.44. The van der Waals surface area contributed by atoms with Crippen molar-refractivity contribution in [2.75, 3.05) is 0 Å². The molecule has 1 rings (SSSR count). The molecule has 0 saturated heterocycles. The Morgan fingerprint density at radius 1 is 1.40 bits per heavy atom. The summed E-state index contributed by atoms with van der Waals surface area (Å²) in [4.78, 5) is 10.7. The van der Waals surface area contributed by atoms with Gasteiger partial charge in [-0.15, -0.1) is 6.58 Å². The molecule has 0 radical (unpaired) electrons. The van der Waals surface area contributed by atoms with Crippen LogP contribution in [0.25, 0.3) is 0 Å². The lowest BCUT2D eigenvalue weighted by molar-refractivity contribution is -0.131. The van der Waals surface area contributed by atoms with Crippen molar-refractivity contribution in [3.8, 4) is 5.75 Å². The van der Waals surface area contributed by atoms with Gasteiger partial charge >= 0.3 is 5.97 Å². The lowest BCUT2D eigenvalue weighted by Gasteiger charge is -2.05. The highest BCUT2D eigenvalue weighted by Crippen LogP contribution is 2.18. The molecule has 4 heteroatoms. The molecule has 0 heterocycles. The van der Waals surface area contributed by atoms with Crippen LogP contribution in [0.3, 0.4) is 0 Å². The maximum atomic E-state index is 10.7. The highest BCUT2D eigenvalue weighted by Gasteiger charge is 2.02. The topological polar surface area (TPSA) is 26.3 Å². The van der Waals surface area contributed by atoms with Gasteiger partial charge in [0.15, 0.2) is 0 Å². The Morgan fingerprint density at radius 2 is 2.00 bits per heavy atom. The third kappa shape index (κ3) is 5.74. The Kier molecular flexibility index (Phi) is 9.72. The smallest absolute Gasteiger partial charge is 0.308 e. The first-order valence-electron chi connectivity index (χ1n) is 4.11. The van der Waals surface area contributed by atoms with E-state index in [-0.39, 0.29) is 39.9 Å². The van der Waals surface area contributed by atoms with Gasteiger partial charge in [0, 0.05) is 6.92 Å². The molecular formula is C11H12Br2O2-2. The highest BCUT2D eigenvalue weighted by molar-refractivity contribution is 5.69. The molecule has 2 nitrogen and oxygen atoms in total. The molecule has 0 aliphatic heterocycles. The zero-order valence-corrected chi connectivity index (χ0v) is 11.5. The number of benzene rings is 1. The first-order chi connectivity index (χ1) is 6.24. The van der Waals surface area contributed by atoms with Crippen LogP contribution in [0.1, 0.15) is 12.5 Å². The van der Waals surface area contributed by atoms with Crippen LogP contribution in [0, 0.1) is 0 Å². The summed E-state index contributed by atoms with van der Waals surface area (Å²) in [5.74, 6) is 0.325. The van der Waals surface area contributed by atoms with Crippen LogP contribution >= 0.6 is 0 Å². The number of esters is 1. The van der Waals surface area contributed by atoms with Crippen LogP contribution in [0.2, 0.25) is 0 Å². The van der Waals surface area contributed by atoms with Gasteiger partial charge < -0.3 is 38.7 Å². The van der Waals surface area contributed by atoms with Crippen LogP contribution in [0.15, 0.2) is 36.9 Å². The van der Waals surface area contributed by atoms with Gasteiger partial charge in [-0.25, -0.2) is 0 Å². The zero-order chi connectivity index (χ0) is 9.68. The van der Waals surface area contributed by atoms with Crippen molar-refractivity contribution in [1.82, 2.24) is 0 Å². The van der Waals surface area contributed by atoms with E-state index < -0.39 is 0 Å². The summed E-state index contributed by atoms with van der Waals surface area (Å²) in [7, 11) is 0. The fourth-order valence-corrected chi connectivity index (χ4v) is 1.08. The van der Waals surface area contributed by atoms with Gasteiger partial charge in [-0.1, -0.05) is 24.3 Å². The van der Waals surface area contributed by atoms with Gasteiger partial charge in [0.1, 0.15) is 5.75 Å². The number of hydrogen-bond acceptors (Lipinski definition) is 2. The molecule has 1 aromatic rings. The Labute approximate surface area is 111 Å². The summed E-state index contributed by atoms with van der Waals surface area (Å²) in [5.41, 5.74) is 0.979. The van der Waals surface area contributed by atoms with Crippen LogP contribution < -0.4 is 38.7 Å². The monoisotopic (exact) mass is 334 g/mol. The molecule has 0 fully saturated rings. The number of allylic oxidation sites excluding steroid dienone is 1. The molecule has 0 atom stereocenters. The number of hydrogen-bond donors (Lipinski definition) is 0. The number of para-hydroxylation sites is 1. The van der Waals surface area contributed by atoms with Gasteiger partial charge in [-0.3, -0.25) is 4.79 Å². The van der Waals surface area contributed by atoms with Crippen molar-refractivity contribution in [1.29, 1.82) is 0 Å². The predicted octanol–water partition coefficient (Wildman–Crippen LogP) is -3.65. The molecule has 0 aromatic heterocycles. The Morgan fingerprint density at radius 3 is 2.53 bits per heavy atom. The maximum Gasteiger partial charge on any atom is 0.308 e. The molecule has 0 aliphatic rings. The first kappa shape index (κ1) is 16.8. The van der Waals surface area contributed by atoms with E-state index in [0.717, 1.165) is 5.56 Å². The van der Waals surface area contributed by atoms with Gasteiger partial charge in [0.05, 0.1) is 0 Å². The minimum atomic E-state index is -0.295. The van der Waals surface area contributed by atoms with Crippen LogP contribution in [0.4, 0.5) is 0 Å². The second-order valence-electron chi connectivity index (χ2n) is 2.69. The van der Waals surface area contributed by atoms with E-state index in [1.165, 1.54) is 6.92 Å². The van der Waals surface area contributed by atoms with Crippen LogP contribution in [-0.2, 0) is 11.2 Å². The number of ether oxygens (including phenoxy) is 1. The summed E-state index contributed by atoms with van der Waals surface area (Å²) in [6.07, 6.45) is 2.49. The van der Waals surface area contributed by atoms with E-state index in [1.54, 1.807) is 12.1 Å². The molecular weight excluding hydrogens is 324 g/mol. The minimum Gasteiger partial charge on any atom is -1.00 e. The van der Waals surface area contributed by atoms with Gasteiger partial charge in [0.2, 0.25) is 0 Å². The number of halogens is 2. The second kappa shape index (κ2) is 8.68. The molecule has 15 heavy (non-hydrogen) atoms. The van der Waals surface area contributed by atoms with Crippen molar-refractivity contribution in [2.24, 2.45) is 0 Å². The molecule has 0 amide bonds. The molecule has 0 unspecified atom stereocenters. The summed E-state index contributed by atoms with van der Waals surface area (Å²) in [6.45, 7) is 5.03. The fourth-order valence-electron chi connectivity index (χ4n) is 1.08. The Bertz CT molecular complexity index is 324. The number of carbonyl (C=O) groups excluding carboxylic acids is 1. The van der Waals surface area contributed by atoms with Crippen molar-refractivity contribution >= 4 is 5.97 Å². The molecule has 0 saturated carbocycles. The maximum absolute atomic E-state index is 10.7. The second-order valence-corrected chi connectivity index (χ2v) is 2.69. The molecule has 0 spiro atoms. The summed E-state index contributed by atoms with van der Waals surface area (Å²) < 4.78 is 5.01. The van der Waals surface area contributed by atoms with Crippen LogP contribution in [-0.4, -0.2) is 5.97 Å². The van der Waals surface area contributed by atoms with Crippen molar-refractivity contribution in [2.45, 2.75) is 13.3 Å².